The standard InChI is InChI=1S/C19H13ClF3NO4/c1-10(27-13-5-2-11-3-7-17(25)28-16(11)9-13)18(26)24-15-6-4-12(20)8-14(15)19(21,22)23/h2-10H,1H3,(H,24,26)/t10-/m1/s1. The molecule has 3 rings (SSSR count). The molecule has 0 aliphatic carbocycles. The van der Waals surface area contributed by atoms with Crippen LogP contribution in [-0.4, -0.2) is 12.0 Å². The Hall–Kier alpha value is -3.00. The van der Waals surface area contributed by atoms with Crippen molar-refractivity contribution in [3.05, 3.63) is 69.5 Å². The Morgan fingerprint density at radius 2 is 1.86 bits per heavy atom. The van der Waals surface area contributed by atoms with E-state index in [-0.39, 0.29) is 16.4 Å². The van der Waals surface area contributed by atoms with E-state index in [0.717, 1.165) is 12.1 Å². The maximum atomic E-state index is 13.1. The second-order valence-corrected chi connectivity index (χ2v) is 6.33. The number of halogens is 4. The lowest BCUT2D eigenvalue weighted by Crippen LogP contribution is -2.31. The molecule has 1 N–H and O–H groups in total. The minimum atomic E-state index is -4.69. The van der Waals surface area contributed by atoms with Crippen LogP contribution in [0.1, 0.15) is 12.5 Å². The summed E-state index contributed by atoms with van der Waals surface area (Å²) in [4.78, 5) is 23.6. The quantitative estimate of drug-likeness (QED) is 0.622. The number of carbonyl (C=O) groups is 1. The molecule has 0 aliphatic rings. The highest BCUT2D eigenvalue weighted by atomic mass is 35.5. The van der Waals surface area contributed by atoms with Gasteiger partial charge in [-0.2, -0.15) is 13.2 Å². The van der Waals surface area contributed by atoms with Crippen LogP contribution in [-0.2, 0) is 11.0 Å². The van der Waals surface area contributed by atoms with Crippen molar-refractivity contribution in [2.24, 2.45) is 0 Å². The molecule has 0 radical (unpaired) electrons. The zero-order valence-electron chi connectivity index (χ0n) is 14.3. The number of hydrogen-bond donors (Lipinski definition) is 1. The van der Waals surface area contributed by atoms with Gasteiger partial charge in [0, 0.05) is 22.5 Å². The monoisotopic (exact) mass is 411 g/mol. The topological polar surface area (TPSA) is 68.5 Å². The van der Waals surface area contributed by atoms with Gasteiger partial charge in [-0.1, -0.05) is 11.6 Å². The first-order valence-electron chi connectivity index (χ1n) is 8.02. The maximum absolute atomic E-state index is 13.1. The van der Waals surface area contributed by atoms with Gasteiger partial charge in [-0.25, -0.2) is 4.79 Å². The Bertz CT molecular complexity index is 1090. The van der Waals surface area contributed by atoms with Crippen molar-refractivity contribution in [2.75, 3.05) is 5.32 Å². The van der Waals surface area contributed by atoms with Crippen LogP contribution in [0.15, 0.2) is 57.7 Å². The first-order valence-corrected chi connectivity index (χ1v) is 8.39. The Balaban J connectivity index is 1.78. The molecule has 1 atom stereocenters. The van der Waals surface area contributed by atoms with E-state index in [4.69, 9.17) is 20.8 Å². The van der Waals surface area contributed by atoms with Crippen LogP contribution in [0.3, 0.4) is 0 Å². The van der Waals surface area contributed by atoms with Crippen molar-refractivity contribution >= 4 is 34.2 Å². The molecule has 1 amide bonds. The van der Waals surface area contributed by atoms with Crippen molar-refractivity contribution in [3.63, 3.8) is 0 Å². The molecule has 1 heterocycles. The number of alkyl halides is 3. The molecule has 0 aliphatic heterocycles. The van der Waals surface area contributed by atoms with Gasteiger partial charge in [-0.15, -0.1) is 0 Å². The van der Waals surface area contributed by atoms with Gasteiger partial charge in [0.25, 0.3) is 5.91 Å². The molecule has 0 unspecified atom stereocenters. The molecule has 1 aromatic heterocycles. The summed E-state index contributed by atoms with van der Waals surface area (Å²) in [6, 6.07) is 10.5. The van der Waals surface area contributed by atoms with E-state index in [2.05, 4.69) is 5.32 Å². The van der Waals surface area contributed by atoms with Crippen molar-refractivity contribution in [1.29, 1.82) is 0 Å². The number of benzene rings is 2. The Morgan fingerprint density at radius 1 is 1.14 bits per heavy atom. The summed E-state index contributed by atoms with van der Waals surface area (Å²) in [5.41, 5.74) is -1.78. The number of amides is 1. The molecule has 28 heavy (non-hydrogen) atoms. The first kappa shape index (κ1) is 19.8. The highest BCUT2D eigenvalue weighted by Gasteiger charge is 2.34. The average molecular weight is 412 g/mol. The van der Waals surface area contributed by atoms with E-state index in [1.807, 2.05) is 0 Å². The van der Waals surface area contributed by atoms with E-state index >= 15 is 0 Å². The molecular weight excluding hydrogens is 399 g/mol. The second kappa shape index (κ2) is 7.55. The molecule has 0 spiro atoms. The third-order valence-corrected chi connectivity index (χ3v) is 4.06. The van der Waals surface area contributed by atoms with Crippen LogP contribution in [0, 0.1) is 0 Å². The molecule has 5 nitrogen and oxygen atoms in total. The van der Waals surface area contributed by atoms with Crippen LogP contribution < -0.4 is 15.7 Å². The zero-order chi connectivity index (χ0) is 20.5. The summed E-state index contributed by atoms with van der Waals surface area (Å²) >= 11 is 5.62. The molecule has 0 bridgehead atoms. The lowest BCUT2D eigenvalue weighted by molar-refractivity contribution is -0.137. The fourth-order valence-electron chi connectivity index (χ4n) is 2.47. The molecular formula is C19H13ClF3NO4. The summed E-state index contributed by atoms with van der Waals surface area (Å²) < 4.78 is 49.9. The molecule has 2 aromatic carbocycles. The lowest BCUT2D eigenvalue weighted by atomic mass is 10.1. The number of rotatable bonds is 4. The number of hydrogen-bond acceptors (Lipinski definition) is 4. The molecule has 146 valence electrons. The Morgan fingerprint density at radius 3 is 2.57 bits per heavy atom. The molecule has 0 saturated heterocycles. The summed E-state index contributed by atoms with van der Waals surface area (Å²) in [5, 5.41) is 2.74. The van der Waals surface area contributed by atoms with Crippen LogP contribution in [0.2, 0.25) is 5.02 Å². The number of ether oxygens (including phenoxy) is 1. The van der Waals surface area contributed by atoms with E-state index in [1.54, 1.807) is 18.2 Å². The number of nitrogens with one attached hydrogen (secondary N) is 1. The minimum Gasteiger partial charge on any atom is -0.481 e. The van der Waals surface area contributed by atoms with Crippen LogP contribution in [0.4, 0.5) is 18.9 Å². The smallest absolute Gasteiger partial charge is 0.418 e. The van der Waals surface area contributed by atoms with Crippen LogP contribution in [0.25, 0.3) is 11.0 Å². The number of anilines is 1. The number of carbonyl (C=O) groups excluding carboxylic acids is 1. The van der Waals surface area contributed by atoms with Crippen molar-refractivity contribution < 1.29 is 27.1 Å². The number of fused-ring (bicyclic) bond motifs is 1. The molecule has 0 fully saturated rings. The Kier molecular flexibility index (Phi) is 5.33. The third-order valence-electron chi connectivity index (χ3n) is 3.82. The Labute approximate surface area is 161 Å². The second-order valence-electron chi connectivity index (χ2n) is 5.89. The summed E-state index contributed by atoms with van der Waals surface area (Å²) in [6.45, 7) is 1.38. The lowest BCUT2D eigenvalue weighted by Gasteiger charge is -2.18. The van der Waals surface area contributed by atoms with E-state index in [9.17, 15) is 22.8 Å². The third kappa shape index (κ3) is 4.45. The average Bonchev–Trinajstić information content (AvgIpc) is 2.61. The summed E-state index contributed by atoms with van der Waals surface area (Å²) in [5.74, 6) is -0.570. The van der Waals surface area contributed by atoms with Crippen LogP contribution >= 0.6 is 11.6 Å². The van der Waals surface area contributed by atoms with E-state index in [1.165, 1.54) is 25.1 Å². The summed E-state index contributed by atoms with van der Waals surface area (Å²) in [7, 11) is 0. The van der Waals surface area contributed by atoms with E-state index < -0.39 is 35.1 Å². The zero-order valence-corrected chi connectivity index (χ0v) is 15.1. The highest BCUT2D eigenvalue weighted by Crippen LogP contribution is 2.36. The van der Waals surface area contributed by atoms with Crippen molar-refractivity contribution in [3.8, 4) is 5.75 Å². The van der Waals surface area contributed by atoms with Gasteiger partial charge in [0.05, 0.1) is 11.3 Å². The molecule has 0 saturated carbocycles. The SMILES string of the molecule is C[C@@H](Oc1ccc2ccc(=O)oc2c1)C(=O)Nc1ccc(Cl)cc1C(F)(F)F. The first-order chi connectivity index (χ1) is 13.1. The minimum absolute atomic E-state index is 0.104. The predicted octanol–water partition coefficient (Wildman–Crippen LogP) is 4.87. The molecule has 3 aromatic rings. The largest absolute Gasteiger partial charge is 0.481 e. The van der Waals surface area contributed by atoms with Gasteiger partial charge in [0.1, 0.15) is 11.3 Å². The van der Waals surface area contributed by atoms with Gasteiger partial charge >= 0.3 is 11.8 Å². The normalized spacial score (nSPS) is 12.6. The fourth-order valence-corrected chi connectivity index (χ4v) is 2.64. The van der Waals surface area contributed by atoms with Gasteiger partial charge in [0.15, 0.2) is 6.10 Å². The highest BCUT2D eigenvalue weighted by molar-refractivity contribution is 6.30. The van der Waals surface area contributed by atoms with Gasteiger partial charge in [-0.3, -0.25) is 4.79 Å². The van der Waals surface area contributed by atoms with Gasteiger partial charge < -0.3 is 14.5 Å². The van der Waals surface area contributed by atoms with E-state index in [0.29, 0.717) is 5.39 Å². The predicted molar refractivity (Wildman–Crippen MR) is 97.7 cm³/mol. The fraction of sp³-hybridized carbons (Fsp3) is 0.158. The summed E-state index contributed by atoms with van der Waals surface area (Å²) in [6.07, 6.45) is -5.81. The maximum Gasteiger partial charge on any atom is 0.418 e. The molecule has 9 heteroatoms. The van der Waals surface area contributed by atoms with Gasteiger partial charge in [0.2, 0.25) is 0 Å². The van der Waals surface area contributed by atoms with Gasteiger partial charge in [-0.05, 0) is 43.3 Å². The van der Waals surface area contributed by atoms with Crippen molar-refractivity contribution in [1.82, 2.24) is 0 Å². The van der Waals surface area contributed by atoms with Crippen molar-refractivity contribution in [2.45, 2.75) is 19.2 Å². The van der Waals surface area contributed by atoms with Crippen LogP contribution in [0.5, 0.6) is 5.75 Å².